The van der Waals surface area contributed by atoms with Crippen LogP contribution in [0.5, 0.6) is 11.5 Å². The number of rotatable bonds is 9. The summed E-state index contributed by atoms with van der Waals surface area (Å²) in [6, 6.07) is 20.4. The molecular weight excluding hydrogens is 521 g/mol. The summed E-state index contributed by atoms with van der Waals surface area (Å²) in [7, 11) is 1.62. The van der Waals surface area contributed by atoms with Crippen molar-refractivity contribution in [2.75, 3.05) is 13.7 Å². The summed E-state index contributed by atoms with van der Waals surface area (Å²) in [6.07, 6.45) is 0.941. The number of hydrogen-bond donors (Lipinski definition) is 1. The first-order chi connectivity index (χ1) is 18.4. The lowest BCUT2D eigenvalue weighted by atomic mass is 9.95. The number of H-pyrrole nitrogens is 1. The van der Waals surface area contributed by atoms with E-state index < -0.39 is 6.04 Å². The van der Waals surface area contributed by atoms with E-state index in [2.05, 4.69) is 24.0 Å². The number of aromatic amines is 1. The molecule has 0 spiro atoms. The van der Waals surface area contributed by atoms with Gasteiger partial charge in [-0.05, 0) is 53.8 Å². The van der Waals surface area contributed by atoms with Gasteiger partial charge in [0.1, 0.15) is 5.69 Å². The van der Waals surface area contributed by atoms with Gasteiger partial charge in [-0.2, -0.15) is 5.10 Å². The Labute approximate surface area is 232 Å². The highest BCUT2D eigenvalue weighted by Gasteiger charge is 2.42. The van der Waals surface area contributed by atoms with Gasteiger partial charge in [-0.1, -0.05) is 73.4 Å². The molecule has 3 aromatic carbocycles. The third-order valence-electron chi connectivity index (χ3n) is 6.74. The molecule has 6 nitrogen and oxygen atoms in total. The van der Waals surface area contributed by atoms with Crippen LogP contribution >= 0.6 is 23.2 Å². The zero-order chi connectivity index (χ0) is 26.8. The van der Waals surface area contributed by atoms with Crippen molar-refractivity contribution in [3.8, 4) is 22.8 Å². The second-order valence-corrected chi connectivity index (χ2v) is 10.6. The Hall–Kier alpha value is -3.48. The van der Waals surface area contributed by atoms with E-state index in [0.29, 0.717) is 52.0 Å². The molecule has 0 saturated heterocycles. The lowest BCUT2D eigenvalue weighted by Gasteiger charge is -2.27. The van der Waals surface area contributed by atoms with Gasteiger partial charge in [0.15, 0.2) is 11.5 Å². The second-order valence-electron chi connectivity index (χ2n) is 9.74. The Morgan fingerprint density at radius 2 is 1.79 bits per heavy atom. The zero-order valence-electron chi connectivity index (χ0n) is 21.5. The molecule has 0 bridgehead atoms. The van der Waals surface area contributed by atoms with Crippen LogP contribution in [0.1, 0.15) is 53.5 Å². The van der Waals surface area contributed by atoms with Crippen molar-refractivity contribution in [1.29, 1.82) is 0 Å². The average molecular weight is 550 g/mol. The number of hydrogen-bond acceptors (Lipinski definition) is 4. The molecule has 196 valence electrons. The van der Waals surface area contributed by atoms with Crippen LogP contribution in [0.2, 0.25) is 10.0 Å². The van der Waals surface area contributed by atoms with Gasteiger partial charge < -0.3 is 14.4 Å². The highest BCUT2D eigenvalue weighted by Crippen LogP contribution is 2.45. The topological polar surface area (TPSA) is 67.5 Å². The SMILES string of the molecule is COc1cc(C2c3c(-c4ccc(Cl)cc4)n[nH]c3C(=O)N2Cc2ccccc2Cl)ccc1OCCC(C)C. The first kappa shape index (κ1) is 26.1. The second kappa shape index (κ2) is 11.1. The van der Waals surface area contributed by atoms with Gasteiger partial charge in [0, 0.05) is 27.7 Å². The molecule has 4 aromatic rings. The van der Waals surface area contributed by atoms with E-state index in [0.717, 1.165) is 28.7 Å². The Bertz CT molecular complexity index is 1450. The van der Waals surface area contributed by atoms with E-state index in [1.807, 2.05) is 71.6 Å². The summed E-state index contributed by atoms with van der Waals surface area (Å²) in [5.41, 5.74) is 4.58. The highest BCUT2D eigenvalue weighted by molar-refractivity contribution is 6.31. The van der Waals surface area contributed by atoms with E-state index in [1.165, 1.54) is 0 Å². The van der Waals surface area contributed by atoms with E-state index >= 15 is 0 Å². The lowest BCUT2D eigenvalue weighted by molar-refractivity contribution is 0.0730. The van der Waals surface area contributed by atoms with Crippen molar-refractivity contribution in [1.82, 2.24) is 15.1 Å². The Morgan fingerprint density at radius 3 is 2.50 bits per heavy atom. The molecule has 0 fully saturated rings. The molecule has 1 aromatic heterocycles. The van der Waals surface area contributed by atoms with Crippen molar-refractivity contribution in [2.45, 2.75) is 32.9 Å². The van der Waals surface area contributed by atoms with Crippen LogP contribution in [0.15, 0.2) is 66.7 Å². The summed E-state index contributed by atoms with van der Waals surface area (Å²) in [6.45, 7) is 5.26. The van der Waals surface area contributed by atoms with Crippen molar-refractivity contribution < 1.29 is 14.3 Å². The molecule has 1 N–H and O–H groups in total. The summed E-state index contributed by atoms with van der Waals surface area (Å²) in [4.78, 5) is 15.6. The molecule has 0 radical (unpaired) electrons. The number of carbonyl (C=O) groups is 1. The maximum atomic E-state index is 13.8. The number of fused-ring (bicyclic) bond motifs is 1. The highest BCUT2D eigenvalue weighted by atomic mass is 35.5. The number of methoxy groups -OCH3 is 1. The van der Waals surface area contributed by atoms with Crippen LogP contribution in [0.3, 0.4) is 0 Å². The number of aromatic nitrogens is 2. The quantitative estimate of drug-likeness (QED) is 0.234. The molecule has 1 aliphatic heterocycles. The fourth-order valence-electron chi connectivity index (χ4n) is 4.72. The van der Waals surface area contributed by atoms with Crippen LogP contribution in [0.25, 0.3) is 11.3 Å². The standard InChI is InChI=1S/C30H29Cl2N3O3/c1-18(2)14-15-38-24-13-10-20(16-25(24)37-3)29-26-27(19-8-11-22(31)12-9-19)33-34-28(26)30(36)35(29)17-21-6-4-5-7-23(21)32/h4-13,16,18,29H,14-15,17H2,1-3H3,(H,33,34). The Balaban J connectivity index is 1.59. The number of amides is 1. The van der Waals surface area contributed by atoms with Gasteiger partial charge in [0.25, 0.3) is 5.91 Å². The first-order valence-electron chi connectivity index (χ1n) is 12.6. The van der Waals surface area contributed by atoms with Crippen LogP contribution < -0.4 is 9.47 Å². The van der Waals surface area contributed by atoms with Gasteiger partial charge in [-0.15, -0.1) is 0 Å². The molecule has 1 aliphatic rings. The molecule has 1 atom stereocenters. The number of carbonyl (C=O) groups excluding carboxylic acids is 1. The minimum absolute atomic E-state index is 0.145. The largest absolute Gasteiger partial charge is 0.493 e. The van der Waals surface area contributed by atoms with Crippen LogP contribution in [0.4, 0.5) is 0 Å². The van der Waals surface area contributed by atoms with E-state index in [9.17, 15) is 4.79 Å². The minimum atomic E-state index is -0.420. The smallest absolute Gasteiger partial charge is 0.273 e. The summed E-state index contributed by atoms with van der Waals surface area (Å²) >= 11 is 12.6. The van der Waals surface area contributed by atoms with Gasteiger partial charge in [-0.3, -0.25) is 9.89 Å². The normalized spacial score (nSPS) is 14.7. The molecule has 38 heavy (non-hydrogen) atoms. The summed E-state index contributed by atoms with van der Waals surface area (Å²) in [5, 5.41) is 8.78. The molecule has 1 amide bonds. The maximum Gasteiger partial charge on any atom is 0.273 e. The van der Waals surface area contributed by atoms with E-state index in [-0.39, 0.29) is 5.91 Å². The molecule has 2 heterocycles. The Kier molecular flexibility index (Phi) is 7.63. The monoisotopic (exact) mass is 549 g/mol. The lowest BCUT2D eigenvalue weighted by Crippen LogP contribution is -2.29. The zero-order valence-corrected chi connectivity index (χ0v) is 23.0. The van der Waals surface area contributed by atoms with Gasteiger partial charge in [0.05, 0.1) is 25.5 Å². The Morgan fingerprint density at radius 1 is 1.03 bits per heavy atom. The number of nitrogens with zero attached hydrogens (tertiary/aromatic N) is 2. The van der Waals surface area contributed by atoms with Gasteiger partial charge in [-0.25, -0.2) is 0 Å². The van der Waals surface area contributed by atoms with Crippen molar-refractivity contribution in [3.63, 3.8) is 0 Å². The predicted molar refractivity (Wildman–Crippen MR) is 150 cm³/mol. The molecule has 8 heteroatoms. The number of halogens is 2. The summed E-state index contributed by atoms with van der Waals surface area (Å²) in [5.74, 6) is 1.67. The van der Waals surface area contributed by atoms with Crippen molar-refractivity contribution in [2.24, 2.45) is 5.92 Å². The fourth-order valence-corrected chi connectivity index (χ4v) is 5.04. The molecule has 0 aliphatic carbocycles. The third kappa shape index (κ3) is 5.11. The first-order valence-corrected chi connectivity index (χ1v) is 13.3. The van der Waals surface area contributed by atoms with Gasteiger partial charge in [0.2, 0.25) is 0 Å². The van der Waals surface area contributed by atoms with Gasteiger partial charge >= 0.3 is 0 Å². The minimum Gasteiger partial charge on any atom is -0.493 e. The van der Waals surface area contributed by atoms with E-state index in [1.54, 1.807) is 7.11 Å². The molecule has 0 saturated carbocycles. The van der Waals surface area contributed by atoms with Crippen LogP contribution in [-0.4, -0.2) is 34.7 Å². The van der Waals surface area contributed by atoms with Crippen LogP contribution in [0, 0.1) is 5.92 Å². The van der Waals surface area contributed by atoms with Crippen molar-refractivity contribution >= 4 is 29.1 Å². The molecular formula is C30H29Cl2N3O3. The van der Waals surface area contributed by atoms with Crippen molar-refractivity contribution in [3.05, 3.63) is 99.2 Å². The molecule has 1 unspecified atom stereocenters. The number of ether oxygens (including phenoxy) is 2. The average Bonchev–Trinajstić information content (AvgIpc) is 3.45. The number of nitrogens with one attached hydrogen (secondary N) is 1. The predicted octanol–water partition coefficient (Wildman–Crippen LogP) is 7.56. The van der Waals surface area contributed by atoms with Crippen LogP contribution in [-0.2, 0) is 6.54 Å². The van der Waals surface area contributed by atoms with E-state index in [4.69, 9.17) is 32.7 Å². The third-order valence-corrected chi connectivity index (χ3v) is 7.36. The summed E-state index contributed by atoms with van der Waals surface area (Å²) < 4.78 is 11.7. The maximum absolute atomic E-state index is 13.8. The molecule has 5 rings (SSSR count). The number of benzene rings is 3. The fraction of sp³-hybridized carbons (Fsp3) is 0.267.